The largest absolute Gasteiger partial charge is 0.478 e. The van der Waals surface area contributed by atoms with Crippen LogP contribution in [0.5, 0.6) is 0 Å². The van der Waals surface area contributed by atoms with Crippen molar-refractivity contribution in [3.8, 4) is 0 Å². The number of aliphatic carboxylic acids is 1. The van der Waals surface area contributed by atoms with Gasteiger partial charge in [-0.1, -0.05) is 103 Å². The molecule has 0 aliphatic heterocycles. The van der Waals surface area contributed by atoms with Gasteiger partial charge in [-0.05, 0) is 13.3 Å². The lowest BCUT2D eigenvalue weighted by atomic mass is 10.0. The fourth-order valence-corrected chi connectivity index (χ4v) is 2.69. The monoisotopic (exact) mass is 386 g/mol. The van der Waals surface area contributed by atoms with E-state index >= 15 is 0 Å². The lowest BCUT2D eigenvalue weighted by Crippen LogP contribution is -1.99. The number of hydrogen-bond acceptors (Lipinski definition) is 4. The first kappa shape index (κ1) is 27.9. The van der Waals surface area contributed by atoms with Crippen molar-refractivity contribution in [2.24, 2.45) is 0 Å². The first-order chi connectivity index (χ1) is 13.0. The summed E-state index contributed by atoms with van der Waals surface area (Å²) in [6.07, 6.45) is 20.0. The molecule has 0 aliphatic rings. The minimum atomic E-state index is -0.935. The van der Waals surface area contributed by atoms with Crippen LogP contribution in [-0.4, -0.2) is 22.3 Å². The van der Waals surface area contributed by atoms with Crippen LogP contribution >= 0.6 is 0 Å². The summed E-state index contributed by atoms with van der Waals surface area (Å²) < 4.78 is 0. The number of carboxylic acids is 1. The second kappa shape index (κ2) is 22.7. The van der Waals surface area contributed by atoms with Gasteiger partial charge in [-0.2, -0.15) is 5.26 Å². The number of hydrogen-bond donors (Lipinski definition) is 2. The van der Waals surface area contributed by atoms with Gasteiger partial charge in [-0.3, -0.25) is 0 Å². The normalized spacial score (nSPS) is 10.0. The van der Waals surface area contributed by atoms with Gasteiger partial charge in [0.2, 0.25) is 0 Å². The smallest absolute Gasteiger partial charge is 0.342 e. The maximum atomic E-state index is 10.7. The van der Waals surface area contributed by atoms with Crippen LogP contribution in [0.3, 0.4) is 0 Å². The number of rotatable bonds is 17. The second-order valence-corrected chi connectivity index (χ2v) is 7.25. The highest BCUT2D eigenvalue weighted by Crippen LogP contribution is 2.13. The first-order valence-corrected chi connectivity index (χ1v) is 10.7. The van der Waals surface area contributed by atoms with Crippen molar-refractivity contribution in [3.63, 3.8) is 0 Å². The van der Waals surface area contributed by atoms with Gasteiger partial charge in [0.25, 0.3) is 0 Å². The van der Waals surface area contributed by atoms with Gasteiger partial charge in [0, 0.05) is 12.0 Å². The maximum absolute atomic E-state index is 10.7. The molecule has 0 spiro atoms. The highest BCUT2D eigenvalue weighted by Gasteiger charge is 2.00. The van der Waals surface area contributed by atoms with Crippen molar-refractivity contribution in [2.45, 2.75) is 117 Å². The predicted octanol–water partition coefficient (Wildman–Crippen LogP) is 6.91. The molecule has 0 atom stereocenters. The van der Waals surface area contributed by atoms with Crippen LogP contribution in [-0.2, 0) is 14.5 Å². The molecule has 160 valence electrons. The van der Waals surface area contributed by atoms with Crippen LogP contribution in [0, 0.1) is 0 Å². The van der Waals surface area contributed by atoms with Crippen LogP contribution in [0.2, 0.25) is 0 Å². The number of unbranched alkanes of at least 4 members (excludes halogenated alkanes) is 14. The van der Waals surface area contributed by atoms with Crippen LogP contribution in [0.1, 0.15) is 117 Å². The van der Waals surface area contributed by atoms with Gasteiger partial charge in [0.05, 0.1) is 0 Å². The van der Waals surface area contributed by atoms with Gasteiger partial charge in [-0.15, -0.1) is 0 Å². The first-order valence-electron chi connectivity index (χ1n) is 10.7. The Labute approximate surface area is 166 Å². The van der Waals surface area contributed by atoms with Crippen LogP contribution in [0.25, 0.3) is 0 Å². The summed E-state index contributed by atoms with van der Waals surface area (Å²) in [5.41, 5.74) is 0.176. The number of carboxylic acid groups (broad SMARTS) is 1. The third-order valence-corrected chi connectivity index (χ3v) is 4.45. The van der Waals surface area contributed by atoms with Crippen molar-refractivity contribution in [1.29, 1.82) is 0 Å². The van der Waals surface area contributed by atoms with E-state index in [1.165, 1.54) is 90.4 Å². The van der Waals surface area contributed by atoms with Crippen molar-refractivity contribution in [2.75, 3.05) is 0 Å². The Bertz CT molecular complexity index is 354. The summed E-state index contributed by atoms with van der Waals surface area (Å²) in [5.74, 6) is -1.44. The van der Waals surface area contributed by atoms with Gasteiger partial charge in [0.15, 0.2) is 0 Å². The molecule has 0 aliphatic carbocycles. The standard InChI is InChI=1S/C18H36O3.C4H6O2/c1-2-3-4-5-6-7-8-9-10-11-12-13-14-15-16-17-18(19)21-20;1-3(2)4(5)6/h20H,2-17H2,1H3;1H2,2H3,(H,5,6). The van der Waals surface area contributed by atoms with E-state index in [2.05, 4.69) is 18.4 Å². The third-order valence-electron chi connectivity index (χ3n) is 4.45. The van der Waals surface area contributed by atoms with Crippen LogP contribution < -0.4 is 0 Å². The van der Waals surface area contributed by atoms with Crippen molar-refractivity contribution in [1.82, 2.24) is 0 Å². The Morgan fingerprint density at radius 3 is 1.30 bits per heavy atom. The van der Waals surface area contributed by atoms with E-state index in [4.69, 9.17) is 10.4 Å². The molecule has 0 unspecified atom stereocenters. The van der Waals surface area contributed by atoms with Crippen molar-refractivity contribution < 1.29 is 24.8 Å². The molecule has 0 aromatic carbocycles. The minimum Gasteiger partial charge on any atom is -0.478 e. The highest BCUT2D eigenvalue weighted by molar-refractivity contribution is 5.84. The summed E-state index contributed by atoms with van der Waals surface area (Å²) in [6.45, 7) is 6.87. The second-order valence-electron chi connectivity index (χ2n) is 7.25. The zero-order chi connectivity index (χ0) is 20.8. The van der Waals surface area contributed by atoms with E-state index in [0.29, 0.717) is 6.42 Å². The topological polar surface area (TPSA) is 83.8 Å². The van der Waals surface area contributed by atoms with Crippen molar-refractivity contribution >= 4 is 11.9 Å². The summed E-state index contributed by atoms with van der Waals surface area (Å²) in [5, 5.41) is 16.0. The van der Waals surface area contributed by atoms with Crippen LogP contribution in [0.4, 0.5) is 0 Å². The Balaban J connectivity index is 0. The average molecular weight is 387 g/mol. The maximum Gasteiger partial charge on any atom is 0.342 e. The molecule has 0 radical (unpaired) electrons. The van der Waals surface area contributed by atoms with Crippen molar-refractivity contribution in [3.05, 3.63) is 12.2 Å². The molecule has 0 rings (SSSR count). The molecule has 0 fully saturated rings. The van der Waals surface area contributed by atoms with E-state index < -0.39 is 11.9 Å². The molecule has 5 nitrogen and oxygen atoms in total. The lowest BCUT2D eigenvalue weighted by Gasteiger charge is -2.03. The fraction of sp³-hybridized carbons (Fsp3) is 0.818. The molecule has 0 saturated carbocycles. The Morgan fingerprint density at radius 1 is 0.741 bits per heavy atom. The third kappa shape index (κ3) is 27.0. The van der Waals surface area contributed by atoms with E-state index in [9.17, 15) is 9.59 Å². The van der Waals surface area contributed by atoms with E-state index in [0.717, 1.165) is 12.8 Å². The molecule has 0 heterocycles. The molecule has 2 N–H and O–H groups in total. The van der Waals surface area contributed by atoms with Crippen LogP contribution in [0.15, 0.2) is 12.2 Å². The predicted molar refractivity (Wildman–Crippen MR) is 111 cm³/mol. The molecule has 0 aromatic rings. The zero-order valence-corrected chi connectivity index (χ0v) is 17.6. The van der Waals surface area contributed by atoms with Gasteiger partial charge in [-0.25, -0.2) is 9.59 Å². The zero-order valence-electron chi connectivity index (χ0n) is 17.6. The molecule has 5 heteroatoms. The minimum absolute atomic E-state index is 0.176. The molecule has 0 amide bonds. The van der Waals surface area contributed by atoms with E-state index in [1.54, 1.807) is 0 Å². The lowest BCUT2D eigenvalue weighted by molar-refractivity contribution is -0.234. The van der Waals surface area contributed by atoms with E-state index in [1.807, 2.05) is 0 Å². The summed E-state index contributed by atoms with van der Waals surface area (Å²) >= 11 is 0. The molecule has 0 bridgehead atoms. The Morgan fingerprint density at radius 2 is 1.04 bits per heavy atom. The summed E-state index contributed by atoms with van der Waals surface area (Å²) in [4.78, 5) is 23.9. The SMILES string of the molecule is C=C(C)C(=O)O.CCCCCCCCCCCCCCCCCC(=O)OO. The Kier molecular flexibility index (Phi) is 23.4. The molecular weight excluding hydrogens is 344 g/mol. The van der Waals surface area contributed by atoms with Gasteiger partial charge in [0.1, 0.15) is 0 Å². The average Bonchev–Trinajstić information content (AvgIpc) is 2.65. The number of carbonyl (C=O) groups is 2. The highest BCUT2D eigenvalue weighted by atomic mass is 17.1. The number of carbonyl (C=O) groups excluding carboxylic acids is 1. The Hall–Kier alpha value is -1.36. The summed E-state index contributed by atoms with van der Waals surface area (Å²) in [6, 6.07) is 0. The molecule has 27 heavy (non-hydrogen) atoms. The quantitative estimate of drug-likeness (QED) is 0.123. The molecule has 0 saturated heterocycles. The van der Waals surface area contributed by atoms with E-state index in [-0.39, 0.29) is 5.57 Å². The van der Waals surface area contributed by atoms with Gasteiger partial charge < -0.3 is 9.99 Å². The van der Waals surface area contributed by atoms with Gasteiger partial charge >= 0.3 is 11.9 Å². The molecular formula is C22H42O5. The molecule has 0 aromatic heterocycles. The summed E-state index contributed by atoms with van der Waals surface area (Å²) in [7, 11) is 0. The fourth-order valence-electron chi connectivity index (χ4n) is 2.69.